The second-order valence-corrected chi connectivity index (χ2v) is 4.29. The molecule has 0 bridgehead atoms. The Bertz CT molecular complexity index is 368. The summed E-state index contributed by atoms with van der Waals surface area (Å²) >= 11 is 3.29. The molecule has 0 saturated heterocycles. The molecule has 0 fully saturated rings. The number of hydrogen-bond donors (Lipinski definition) is 3. The minimum absolute atomic E-state index is 0.160. The van der Waals surface area contributed by atoms with Crippen molar-refractivity contribution in [3.05, 3.63) is 28.7 Å². The third-order valence-corrected chi connectivity index (χ3v) is 2.47. The highest BCUT2D eigenvalue weighted by molar-refractivity contribution is 9.10. The fourth-order valence-electron chi connectivity index (χ4n) is 1.12. The second kappa shape index (κ2) is 7.26. The molecule has 0 aliphatic rings. The molecule has 0 spiro atoms. The molecule has 0 atom stereocenters. The van der Waals surface area contributed by atoms with E-state index in [1.165, 1.54) is 0 Å². The third kappa shape index (κ3) is 5.16. The molecule has 0 unspecified atom stereocenters. The Morgan fingerprint density at radius 1 is 1.41 bits per heavy atom. The van der Waals surface area contributed by atoms with Crippen molar-refractivity contribution in [2.45, 2.75) is 6.04 Å². The zero-order chi connectivity index (χ0) is 12.7. The molecule has 0 aromatic heterocycles. The van der Waals surface area contributed by atoms with Crippen LogP contribution in [0.2, 0.25) is 0 Å². The van der Waals surface area contributed by atoms with Crippen LogP contribution >= 0.6 is 15.9 Å². The average Bonchev–Trinajstić information content (AvgIpc) is 2.33. The molecule has 1 rings (SSSR count). The molecule has 1 amide bonds. The third-order valence-electron chi connectivity index (χ3n) is 1.97. The van der Waals surface area contributed by atoms with E-state index in [9.17, 15) is 4.79 Å². The van der Waals surface area contributed by atoms with E-state index in [0.29, 0.717) is 5.75 Å². The highest BCUT2D eigenvalue weighted by Gasteiger charge is 2.10. The number of carbonyl (C=O) groups is 1. The summed E-state index contributed by atoms with van der Waals surface area (Å²) in [6.07, 6.45) is 0. The lowest BCUT2D eigenvalue weighted by Crippen LogP contribution is -2.42. The van der Waals surface area contributed by atoms with Gasteiger partial charge in [-0.2, -0.15) is 0 Å². The van der Waals surface area contributed by atoms with Crippen LogP contribution in [-0.2, 0) is 4.79 Å². The Balaban J connectivity index is 2.38. The maximum absolute atomic E-state index is 11.4. The van der Waals surface area contributed by atoms with Crippen molar-refractivity contribution in [1.29, 1.82) is 0 Å². The molecular weight excluding hydrogens is 290 g/mol. The van der Waals surface area contributed by atoms with E-state index < -0.39 is 11.9 Å². The highest BCUT2D eigenvalue weighted by atomic mass is 79.9. The predicted octanol–water partition coefficient (Wildman–Crippen LogP) is 0.297. The van der Waals surface area contributed by atoms with E-state index >= 15 is 0 Å². The standard InChI is InChI=1S/C11H14BrNO4/c12-8-2-1-3-10(4-8)17-7-11(16)13-9(5-14)6-15/h1-4,9,14-15H,5-7H2,(H,13,16). The normalized spacial score (nSPS) is 10.4. The maximum Gasteiger partial charge on any atom is 0.258 e. The topological polar surface area (TPSA) is 78.8 Å². The van der Waals surface area contributed by atoms with Gasteiger partial charge >= 0.3 is 0 Å². The molecule has 6 heteroatoms. The van der Waals surface area contributed by atoms with Gasteiger partial charge in [0.15, 0.2) is 6.61 Å². The second-order valence-electron chi connectivity index (χ2n) is 3.38. The molecule has 94 valence electrons. The van der Waals surface area contributed by atoms with Crippen molar-refractivity contribution >= 4 is 21.8 Å². The summed E-state index contributed by atoms with van der Waals surface area (Å²) in [5, 5.41) is 20.0. The van der Waals surface area contributed by atoms with E-state index in [-0.39, 0.29) is 19.8 Å². The molecular formula is C11H14BrNO4. The Labute approximate surface area is 108 Å². The first-order valence-electron chi connectivity index (χ1n) is 5.05. The summed E-state index contributed by atoms with van der Waals surface area (Å²) in [5.74, 6) is 0.178. The van der Waals surface area contributed by atoms with E-state index in [2.05, 4.69) is 21.2 Å². The van der Waals surface area contributed by atoms with Crippen LogP contribution in [0.5, 0.6) is 5.75 Å². The van der Waals surface area contributed by atoms with Crippen LogP contribution in [0.3, 0.4) is 0 Å². The number of aliphatic hydroxyl groups excluding tert-OH is 2. The fourth-order valence-corrected chi connectivity index (χ4v) is 1.50. The predicted molar refractivity (Wildman–Crippen MR) is 65.7 cm³/mol. The van der Waals surface area contributed by atoms with Gasteiger partial charge in [-0.25, -0.2) is 0 Å². The van der Waals surface area contributed by atoms with Crippen LogP contribution in [0.1, 0.15) is 0 Å². The quantitative estimate of drug-likeness (QED) is 0.706. The van der Waals surface area contributed by atoms with Gasteiger partial charge in [0.25, 0.3) is 5.91 Å². The minimum atomic E-state index is -0.645. The first kappa shape index (κ1) is 14.0. The summed E-state index contributed by atoms with van der Waals surface area (Å²) in [6.45, 7) is -0.773. The minimum Gasteiger partial charge on any atom is -0.484 e. The van der Waals surface area contributed by atoms with Crippen LogP contribution in [0, 0.1) is 0 Å². The van der Waals surface area contributed by atoms with Gasteiger partial charge in [-0.05, 0) is 18.2 Å². The van der Waals surface area contributed by atoms with E-state index in [1.807, 2.05) is 6.07 Å². The van der Waals surface area contributed by atoms with Crippen LogP contribution in [0.15, 0.2) is 28.7 Å². The molecule has 0 saturated carbocycles. The summed E-state index contributed by atoms with van der Waals surface area (Å²) in [5.41, 5.74) is 0. The summed E-state index contributed by atoms with van der Waals surface area (Å²) in [4.78, 5) is 11.4. The molecule has 0 aliphatic heterocycles. The monoisotopic (exact) mass is 303 g/mol. The number of carbonyl (C=O) groups excluding carboxylic acids is 1. The molecule has 0 radical (unpaired) electrons. The fraction of sp³-hybridized carbons (Fsp3) is 0.364. The highest BCUT2D eigenvalue weighted by Crippen LogP contribution is 2.17. The lowest BCUT2D eigenvalue weighted by molar-refractivity contribution is -0.124. The van der Waals surface area contributed by atoms with Gasteiger partial charge in [-0.15, -0.1) is 0 Å². The summed E-state index contributed by atoms with van der Waals surface area (Å²) < 4.78 is 6.09. The summed E-state index contributed by atoms with van der Waals surface area (Å²) in [7, 11) is 0. The lowest BCUT2D eigenvalue weighted by atomic mass is 10.3. The number of rotatable bonds is 6. The molecule has 1 aromatic rings. The van der Waals surface area contributed by atoms with Gasteiger partial charge in [0.05, 0.1) is 19.3 Å². The van der Waals surface area contributed by atoms with Gasteiger partial charge in [0, 0.05) is 4.47 Å². The van der Waals surface area contributed by atoms with Crippen molar-refractivity contribution in [1.82, 2.24) is 5.32 Å². The van der Waals surface area contributed by atoms with E-state index in [1.54, 1.807) is 18.2 Å². The van der Waals surface area contributed by atoms with E-state index in [0.717, 1.165) is 4.47 Å². The number of aliphatic hydroxyl groups is 2. The molecule has 1 aromatic carbocycles. The molecule has 0 heterocycles. The number of benzene rings is 1. The van der Waals surface area contributed by atoms with Crippen molar-refractivity contribution in [3.8, 4) is 5.75 Å². The van der Waals surface area contributed by atoms with Crippen LogP contribution in [0.25, 0.3) is 0 Å². The Hall–Kier alpha value is -1.11. The van der Waals surface area contributed by atoms with Crippen LogP contribution < -0.4 is 10.1 Å². The van der Waals surface area contributed by atoms with Gasteiger partial charge < -0.3 is 20.3 Å². The van der Waals surface area contributed by atoms with Crippen molar-refractivity contribution in [3.63, 3.8) is 0 Å². The largest absolute Gasteiger partial charge is 0.484 e. The van der Waals surface area contributed by atoms with Crippen molar-refractivity contribution < 1.29 is 19.7 Å². The van der Waals surface area contributed by atoms with Crippen molar-refractivity contribution in [2.75, 3.05) is 19.8 Å². The zero-order valence-corrected chi connectivity index (χ0v) is 10.7. The van der Waals surface area contributed by atoms with Crippen molar-refractivity contribution in [2.24, 2.45) is 0 Å². The smallest absolute Gasteiger partial charge is 0.258 e. The molecule has 0 aliphatic carbocycles. The van der Waals surface area contributed by atoms with Gasteiger partial charge in [0.1, 0.15) is 5.75 Å². The summed E-state index contributed by atoms with van der Waals surface area (Å²) in [6, 6.07) is 6.46. The molecule has 3 N–H and O–H groups in total. The Kier molecular flexibility index (Phi) is 5.96. The molecule has 5 nitrogen and oxygen atoms in total. The number of nitrogens with one attached hydrogen (secondary N) is 1. The number of hydrogen-bond acceptors (Lipinski definition) is 4. The zero-order valence-electron chi connectivity index (χ0n) is 9.10. The van der Waals surface area contributed by atoms with Gasteiger partial charge in [-0.1, -0.05) is 22.0 Å². The number of ether oxygens (including phenoxy) is 1. The van der Waals surface area contributed by atoms with Gasteiger partial charge in [-0.3, -0.25) is 4.79 Å². The first-order chi connectivity index (χ1) is 8.15. The number of halogens is 1. The molecule has 17 heavy (non-hydrogen) atoms. The Morgan fingerprint density at radius 3 is 2.71 bits per heavy atom. The lowest BCUT2D eigenvalue weighted by Gasteiger charge is -2.13. The first-order valence-corrected chi connectivity index (χ1v) is 5.84. The van der Waals surface area contributed by atoms with Crippen LogP contribution in [0.4, 0.5) is 0 Å². The average molecular weight is 304 g/mol. The number of amides is 1. The van der Waals surface area contributed by atoms with Gasteiger partial charge in [0.2, 0.25) is 0 Å². The van der Waals surface area contributed by atoms with Crippen LogP contribution in [-0.4, -0.2) is 42.0 Å². The maximum atomic E-state index is 11.4. The Morgan fingerprint density at radius 2 is 2.12 bits per heavy atom. The SMILES string of the molecule is O=C(COc1cccc(Br)c1)NC(CO)CO. The van der Waals surface area contributed by atoms with E-state index in [4.69, 9.17) is 14.9 Å².